The van der Waals surface area contributed by atoms with Gasteiger partial charge in [0.15, 0.2) is 0 Å². The molecule has 0 aliphatic carbocycles. The zero-order valence-corrected chi connectivity index (χ0v) is 20.1. The number of ether oxygens (including phenoxy) is 2. The number of carbonyl (C=O) groups is 1. The van der Waals surface area contributed by atoms with Crippen LogP contribution in [0.4, 0.5) is 16.4 Å². The smallest absolute Gasteiger partial charge is 0.211 e. The lowest BCUT2D eigenvalue weighted by atomic mass is 10.1. The molecule has 0 spiro atoms. The second-order valence-electron chi connectivity index (χ2n) is 7.23. The monoisotopic (exact) mass is 494 g/mol. The standard InChI is InChI=1S/C25H22N2O5S2/c1-31-18-11-13-20(14-12-18)34(29,30)24-21(26)23(22(28)16-7-6-10-19(15-16)32-2)33-25(24)27-17-8-4-3-5-9-17/h3-15,27H,26H2,1-2H3. The van der Waals surface area contributed by atoms with E-state index in [1.807, 2.05) is 18.2 Å². The van der Waals surface area contributed by atoms with Crippen molar-refractivity contribution >= 4 is 43.3 Å². The highest BCUT2D eigenvalue weighted by molar-refractivity contribution is 7.92. The van der Waals surface area contributed by atoms with Crippen LogP contribution in [0, 0.1) is 0 Å². The number of hydrogen-bond acceptors (Lipinski definition) is 8. The Bertz CT molecular complexity index is 1430. The highest BCUT2D eigenvalue weighted by atomic mass is 32.2. The largest absolute Gasteiger partial charge is 0.497 e. The number of rotatable bonds is 8. The van der Waals surface area contributed by atoms with Crippen molar-refractivity contribution in [3.05, 3.63) is 89.3 Å². The molecule has 4 aromatic rings. The average molecular weight is 495 g/mol. The maximum Gasteiger partial charge on any atom is 0.211 e. The summed E-state index contributed by atoms with van der Waals surface area (Å²) in [4.78, 5) is 13.4. The van der Waals surface area contributed by atoms with Crippen molar-refractivity contribution in [1.29, 1.82) is 0 Å². The molecular weight excluding hydrogens is 472 g/mol. The molecule has 3 N–H and O–H groups in total. The maximum absolute atomic E-state index is 13.7. The van der Waals surface area contributed by atoms with E-state index in [9.17, 15) is 13.2 Å². The molecule has 0 amide bonds. The number of para-hydroxylation sites is 1. The van der Waals surface area contributed by atoms with Gasteiger partial charge < -0.3 is 20.5 Å². The van der Waals surface area contributed by atoms with Gasteiger partial charge in [-0.2, -0.15) is 0 Å². The second kappa shape index (κ2) is 9.58. The van der Waals surface area contributed by atoms with E-state index >= 15 is 0 Å². The lowest BCUT2D eigenvalue weighted by molar-refractivity contribution is 0.104. The number of anilines is 3. The third-order valence-corrected chi connectivity index (χ3v) is 8.21. The topological polar surface area (TPSA) is 108 Å². The first-order valence-corrected chi connectivity index (χ1v) is 12.5. The lowest BCUT2D eigenvalue weighted by Crippen LogP contribution is -2.08. The quantitative estimate of drug-likeness (QED) is 0.326. The lowest BCUT2D eigenvalue weighted by Gasteiger charge is -2.10. The summed E-state index contributed by atoms with van der Waals surface area (Å²) in [5.74, 6) is 0.636. The SMILES string of the molecule is COc1ccc(S(=O)(=O)c2c(Nc3ccccc3)sc(C(=O)c3cccc(OC)c3)c2N)cc1. The van der Waals surface area contributed by atoms with Gasteiger partial charge in [-0.05, 0) is 48.5 Å². The van der Waals surface area contributed by atoms with E-state index in [0.29, 0.717) is 22.7 Å². The van der Waals surface area contributed by atoms with Crippen LogP contribution in [0.3, 0.4) is 0 Å². The van der Waals surface area contributed by atoms with Crippen LogP contribution in [0.2, 0.25) is 0 Å². The minimum Gasteiger partial charge on any atom is -0.497 e. The third kappa shape index (κ3) is 4.48. The third-order valence-electron chi connectivity index (χ3n) is 5.11. The molecule has 0 fully saturated rings. The average Bonchev–Trinajstić information content (AvgIpc) is 3.20. The van der Waals surface area contributed by atoms with Gasteiger partial charge in [0.05, 0.1) is 24.8 Å². The summed E-state index contributed by atoms with van der Waals surface area (Å²) in [6, 6.07) is 21.7. The molecule has 174 valence electrons. The number of nitrogen functional groups attached to an aromatic ring is 1. The fraction of sp³-hybridized carbons (Fsp3) is 0.0800. The van der Waals surface area contributed by atoms with Gasteiger partial charge in [-0.15, -0.1) is 11.3 Å². The first kappa shape index (κ1) is 23.3. The molecule has 0 bridgehead atoms. The molecule has 0 aliphatic rings. The van der Waals surface area contributed by atoms with Crippen LogP contribution in [-0.4, -0.2) is 28.4 Å². The molecule has 3 aromatic carbocycles. The fourth-order valence-corrected chi connectivity index (χ4v) is 6.30. The number of nitrogens with one attached hydrogen (secondary N) is 1. The van der Waals surface area contributed by atoms with Crippen molar-refractivity contribution in [3.63, 3.8) is 0 Å². The summed E-state index contributed by atoms with van der Waals surface area (Å²) in [6.07, 6.45) is 0. The number of ketones is 1. The number of methoxy groups -OCH3 is 2. The number of sulfone groups is 1. The van der Waals surface area contributed by atoms with Crippen LogP contribution in [0.5, 0.6) is 11.5 Å². The molecule has 1 heterocycles. The van der Waals surface area contributed by atoms with Crippen LogP contribution < -0.4 is 20.5 Å². The molecule has 1 aromatic heterocycles. The molecule has 0 radical (unpaired) electrons. The van der Waals surface area contributed by atoms with Gasteiger partial charge in [0.25, 0.3) is 0 Å². The second-order valence-corrected chi connectivity index (χ2v) is 10.1. The normalized spacial score (nSPS) is 11.1. The van der Waals surface area contributed by atoms with E-state index in [2.05, 4.69) is 5.32 Å². The molecule has 0 aliphatic heterocycles. The Labute approximate surface area is 201 Å². The molecule has 0 atom stereocenters. The van der Waals surface area contributed by atoms with Crippen molar-refractivity contribution in [2.45, 2.75) is 9.79 Å². The van der Waals surface area contributed by atoms with Gasteiger partial charge in [-0.25, -0.2) is 8.42 Å². The van der Waals surface area contributed by atoms with E-state index in [-0.39, 0.29) is 25.4 Å². The first-order chi connectivity index (χ1) is 16.3. The highest BCUT2D eigenvalue weighted by Gasteiger charge is 2.32. The van der Waals surface area contributed by atoms with Crippen molar-refractivity contribution in [2.24, 2.45) is 0 Å². The summed E-state index contributed by atoms with van der Waals surface area (Å²) in [5.41, 5.74) is 7.26. The van der Waals surface area contributed by atoms with Gasteiger partial charge in [0, 0.05) is 11.3 Å². The predicted octanol–water partition coefficient (Wildman–Crippen LogP) is 5.15. The Morgan fingerprint density at radius 1 is 0.882 bits per heavy atom. The number of carbonyl (C=O) groups excluding carboxylic acids is 1. The van der Waals surface area contributed by atoms with Crippen LogP contribution in [0.15, 0.2) is 88.7 Å². The van der Waals surface area contributed by atoms with Gasteiger partial charge in [0.1, 0.15) is 26.3 Å². The van der Waals surface area contributed by atoms with Crippen LogP contribution in [0.25, 0.3) is 0 Å². The molecule has 34 heavy (non-hydrogen) atoms. The summed E-state index contributed by atoms with van der Waals surface area (Å²) in [5, 5.41) is 3.37. The van der Waals surface area contributed by atoms with E-state index in [0.717, 1.165) is 11.3 Å². The van der Waals surface area contributed by atoms with Crippen molar-refractivity contribution in [2.75, 3.05) is 25.3 Å². The number of benzene rings is 3. The minimum atomic E-state index is -4.06. The summed E-state index contributed by atoms with van der Waals surface area (Å²) >= 11 is 0.996. The van der Waals surface area contributed by atoms with E-state index in [4.69, 9.17) is 15.2 Å². The summed E-state index contributed by atoms with van der Waals surface area (Å²) < 4.78 is 37.6. The number of nitrogens with two attached hydrogens (primary N) is 1. The number of hydrogen-bond donors (Lipinski definition) is 2. The number of thiophene rings is 1. The molecule has 7 nitrogen and oxygen atoms in total. The zero-order chi connectivity index (χ0) is 24.3. The predicted molar refractivity (Wildman–Crippen MR) is 133 cm³/mol. The molecular formula is C25H22N2O5S2. The first-order valence-electron chi connectivity index (χ1n) is 10.2. The van der Waals surface area contributed by atoms with E-state index in [1.165, 1.54) is 26.4 Å². The van der Waals surface area contributed by atoms with Crippen LogP contribution in [-0.2, 0) is 9.84 Å². The summed E-state index contributed by atoms with van der Waals surface area (Å²) in [7, 11) is -1.06. The maximum atomic E-state index is 13.7. The van der Waals surface area contributed by atoms with Gasteiger partial charge in [-0.3, -0.25) is 4.79 Å². The molecule has 0 saturated heterocycles. The van der Waals surface area contributed by atoms with Crippen molar-refractivity contribution < 1.29 is 22.7 Å². The van der Waals surface area contributed by atoms with Crippen molar-refractivity contribution in [3.8, 4) is 11.5 Å². The Hall–Kier alpha value is -3.82. The Morgan fingerprint density at radius 3 is 2.21 bits per heavy atom. The Kier molecular flexibility index (Phi) is 6.58. The van der Waals surface area contributed by atoms with Gasteiger partial charge >= 0.3 is 0 Å². The Morgan fingerprint density at radius 2 is 1.56 bits per heavy atom. The highest BCUT2D eigenvalue weighted by Crippen LogP contribution is 2.44. The van der Waals surface area contributed by atoms with Gasteiger partial charge in [0.2, 0.25) is 15.6 Å². The van der Waals surface area contributed by atoms with E-state index in [1.54, 1.807) is 48.5 Å². The molecule has 4 rings (SSSR count). The van der Waals surface area contributed by atoms with Crippen LogP contribution >= 0.6 is 11.3 Å². The summed E-state index contributed by atoms with van der Waals surface area (Å²) in [6.45, 7) is 0. The Balaban J connectivity index is 1.86. The minimum absolute atomic E-state index is 0.0364. The van der Waals surface area contributed by atoms with Crippen molar-refractivity contribution in [1.82, 2.24) is 0 Å². The van der Waals surface area contributed by atoms with Crippen LogP contribution in [0.1, 0.15) is 15.2 Å². The fourth-order valence-electron chi connectivity index (χ4n) is 3.37. The van der Waals surface area contributed by atoms with E-state index < -0.39 is 15.6 Å². The molecule has 0 unspecified atom stereocenters. The van der Waals surface area contributed by atoms with Gasteiger partial charge in [-0.1, -0.05) is 30.3 Å². The zero-order valence-electron chi connectivity index (χ0n) is 18.4. The molecule has 0 saturated carbocycles. The molecule has 9 heteroatoms.